The summed E-state index contributed by atoms with van der Waals surface area (Å²) in [5.41, 5.74) is 1.05. The summed E-state index contributed by atoms with van der Waals surface area (Å²) in [7, 11) is 0. The van der Waals surface area contributed by atoms with E-state index in [4.69, 9.17) is 4.52 Å². The van der Waals surface area contributed by atoms with E-state index in [0.717, 1.165) is 10.6 Å². The van der Waals surface area contributed by atoms with Crippen molar-refractivity contribution < 1.29 is 9.32 Å². The Morgan fingerprint density at radius 2 is 2.08 bits per heavy atom. The third-order valence-corrected chi connectivity index (χ3v) is 4.45. The third kappa shape index (κ3) is 3.67. The number of carbonyl (C=O) groups excluding carboxylic acids is 1. The second-order valence-electron chi connectivity index (χ2n) is 5.43. The first-order valence-electron chi connectivity index (χ1n) is 7.88. The monoisotopic (exact) mass is 366 g/mol. The van der Waals surface area contributed by atoms with Crippen LogP contribution in [-0.2, 0) is 13.0 Å². The largest absolute Gasteiger partial charge is 0.343 e. The van der Waals surface area contributed by atoms with Gasteiger partial charge >= 0.3 is 0 Å². The molecule has 0 spiro atoms. The van der Waals surface area contributed by atoms with Crippen LogP contribution in [0, 0.1) is 0 Å². The number of para-hydroxylation sites is 1. The van der Waals surface area contributed by atoms with Crippen LogP contribution < -0.4 is 5.32 Å². The van der Waals surface area contributed by atoms with Crippen LogP contribution in [0.15, 0.2) is 58.6 Å². The van der Waals surface area contributed by atoms with Gasteiger partial charge in [0.05, 0.1) is 24.8 Å². The minimum Gasteiger partial charge on any atom is -0.343 e. The van der Waals surface area contributed by atoms with E-state index in [2.05, 4.69) is 25.8 Å². The average Bonchev–Trinajstić information content (AvgIpc) is 3.43. The normalized spacial score (nSPS) is 10.8. The fourth-order valence-electron chi connectivity index (χ4n) is 2.32. The molecule has 0 bridgehead atoms. The van der Waals surface area contributed by atoms with Crippen LogP contribution in [0.3, 0.4) is 0 Å². The molecule has 3 aromatic heterocycles. The molecule has 9 heteroatoms. The summed E-state index contributed by atoms with van der Waals surface area (Å²) in [6, 6.07) is 13.4. The van der Waals surface area contributed by atoms with Gasteiger partial charge in [0.25, 0.3) is 5.91 Å². The molecule has 0 fully saturated rings. The lowest BCUT2D eigenvalue weighted by molar-refractivity contribution is 0.0944. The van der Waals surface area contributed by atoms with Crippen LogP contribution >= 0.6 is 11.3 Å². The maximum atomic E-state index is 12.2. The summed E-state index contributed by atoms with van der Waals surface area (Å²) in [4.78, 5) is 17.6. The molecule has 0 aliphatic heterocycles. The number of benzene rings is 1. The van der Waals surface area contributed by atoms with E-state index in [1.54, 1.807) is 22.2 Å². The highest BCUT2D eigenvalue weighted by Crippen LogP contribution is 2.13. The van der Waals surface area contributed by atoms with Gasteiger partial charge in [-0.2, -0.15) is 4.98 Å². The molecule has 0 aliphatic rings. The lowest BCUT2D eigenvalue weighted by Crippen LogP contribution is -2.23. The highest BCUT2D eigenvalue weighted by atomic mass is 32.1. The number of hydrogen-bond acceptors (Lipinski definition) is 7. The zero-order valence-electron chi connectivity index (χ0n) is 13.6. The lowest BCUT2D eigenvalue weighted by Gasteiger charge is -1.98. The predicted octanol–water partition coefficient (Wildman–Crippen LogP) is 2.23. The van der Waals surface area contributed by atoms with Gasteiger partial charge in [-0.1, -0.05) is 34.6 Å². The minimum atomic E-state index is -0.350. The van der Waals surface area contributed by atoms with E-state index < -0.39 is 0 Å². The fourth-order valence-corrected chi connectivity index (χ4v) is 3.02. The Hall–Kier alpha value is -3.33. The van der Waals surface area contributed by atoms with Crippen molar-refractivity contribution in [2.75, 3.05) is 0 Å². The molecule has 1 N–H and O–H groups in total. The van der Waals surface area contributed by atoms with E-state index in [1.165, 1.54) is 0 Å². The van der Waals surface area contributed by atoms with Crippen molar-refractivity contribution >= 4 is 17.2 Å². The molecule has 130 valence electrons. The Labute approximate surface area is 152 Å². The van der Waals surface area contributed by atoms with Gasteiger partial charge in [-0.05, 0) is 23.6 Å². The molecule has 0 atom stereocenters. The van der Waals surface area contributed by atoms with Crippen molar-refractivity contribution in [3.05, 3.63) is 76.3 Å². The summed E-state index contributed by atoms with van der Waals surface area (Å²) in [5.74, 6) is 0.587. The smallest absolute Gasteiger partial charge is 0.273 e. The van der Waals surface area contributed by atoms with Gasteiger partial charge in [0.1, 0.15) is 0 Å². The van der Waals surface area contributed by atoms with Crippen molar-refractivity contribution in [2.45, 2.75) is 13.0 Å². The molecule has 26 heavy (non-hydrogen) atoms. The van der Waals surface area contributed by atoms with Gasteiger partial charge in [-0.15, -0.1) is 16.4 Å². The molecule has 0 saturated carbocycles. The van der Waals surface area contributed by atoms with Gasteiger partial charge in [-0.3, -0.25) is 4.79 Å². The number of nitrogens with zero attached hydrogens (tertiary/aromatic N) is 5. The van der Waals surface area contributed by atoms with E-state index in [9.17, 15) is 4.79 Å². The summed E-state index contributed by atoms with van der Waals surface area (Å²) in [6.45, 7) is 0.158. The molecule has 0 saturated heterocycles. The van der Waals surface area contributed by atoms with Crippen molar-refractivity contribution in [3.63, 3.8) is 0 Å². The van der Waals surface area contributed by atoms with E-state index in [-0.39, 0.29) is 18.1 Å². The first-order chi connectivity index (χ1) is 12.8. The molecular formula is C17H14N6O2S. The Balaban J connectivity index is 1.36. The van der Waals surface area contributed by atoms with Crippen molar-refractivity contribution in [2.24, 2.45) is 0 Å². The summed E-state index contributed by atoms with van der Waals surface area (Å²) >= 11 is 1.63. The molecule has 4 rings (SSSR count). The highest BCUT2D eigenvalue weighted by Gasteiger charge is 2.13. The number of carbonyl (C=O) groups is 1. The number of thiophene rings is 1. The molecule has 1 aromatic carbocycles. The Morgan fingerprint density at radius 1 is 1.19 bits per heavy atom. The lowest BCUT2D eigenvalue weighted by atomic mass is 10.3. The Kier molecular flexibility index (Phi) is 4.52. The van der Waals surface area contributed by atoms with Crippen molar-refractivity contribution in [1.29, 1.82) is 0 Å². The standard InChI is InChI=1S/C17H14N6O2S/c24-17(14-11-23(22-20-14)12-5-2-1-3-6-12)18-10-15-19-16(25-21-15)9-13-7-4-8-26-13/h1-8,11H,9-10H2,(H,18,24). The SMILES string of the molecule is O=C(NCc1noc(Cc2cccs2)n1)c1cn(-c2ccccc2)nn1. The zero-order chi connectivity index (χ0) is 17.8. The molecule has 0 unspecified atom stereocenters. The molecule has 3 heterocycles. The number of rotatable bonds is 6. The second kappa shape index (κ2) is 7.28. The van der Waals surface area contributed by atoms with E-state index >= 15 is 0 Å². The average molecular weight is 366 g/mol. The molecule has 1 amide bonds. The van der Waals surface area contributed by atoms with Gasteiger partial charge < -0.3 is 9.84 Å². The summed E-state index contributed by atoms with van der Waals surface area (Å²) in [5, 5.41) is 16.5. The van der Waals surface area contributed by atoms with Gasteiger partial charge in [-0.25, -0.2) is 4.68 Å². The predicted molar refractivity (Wildman–Crippen MR) is 94.0 cm³/mol. The number of nitrogens with one attached hydrogen (secondary N) is 1. The van der Waals surface area contributed by atoms with Crippen molar-refractivity contribution in [3.8, 4) is 5.69 Å². The van der Waals surface area contributed by atoms with Crippen LogP contribution in [0.4, 0.5) is 0 Å². The zero-order valence-corrected chi connectivity index (χ0v) is 14.4. The number of amides is 1. The maximum Gasteiger partial charge on any atom is 0.273 e. The van der Waals surface area contributed by atoms with Crippen LogP contribution in [0.5, 0.6) is 0 Å². The van der Waals surface area contributed by atoms with Gasteiger partial charge in [0, 0.05) is 4.88 Å². The molecule has 4 aromatic rings. The van der Waals surface area contributed by atoms with Crippen molar-refractivity contribution in [1.82, 2.24) is 30.5 Å². The fraction of sp³-hybridized carbons (Fsp3) is 0.118. The van der Waals surface area contributed by atoms with E-state index in [1.807, 2.05) is 47.8 Å². The van der Waals surface area contributed by atoms with Crippen LogP contribution in [-0.4, -0.2) is 31.0 Å². The number of aromatic nitrogens is 5. The van der Waals surface area contributed by atoms with Crippen LogP contribution in [0.1, 0.15) is 27.1 Å². The Morgan fingerprint density at radius 3 is 2.88 bits per heavy atom. The summed E-state index contributed by atoms with van der Waals surface area (Å²) < 4.78 is 6.74. The van der Waals surface area contributed by atoms with E-state index in [0.29, 0.717) is 18.1 Å². The van der Waals surface area contributed by atoms with Gasteiger partial charge in [0.15, 0.2) is 11.5 Å². The van der Waals surface area contributed by atoms with Gasteiger partial charge in [0.2, 0.25) is 5.89 Å². The number of hydrogen-bond donors (Lipinski definition) is 1. The quantitative estimate of drug-likeness (QED) is 0.562. The third-order valence-electron chi connectivity index (χ3n) is 3.57. The molecule has 8 nitrogen and oxygen atoms in total. The highest BCUT2D eigenvalue weighted by molar-refractivity contribution is 7.09. The van der Waals surface area contributed by atoms with Crippen LogP contribution in [0.2, 0.25) is 0 Å². The topological polar surface area (TPSA) is 98.7 Å². The molecular weight excluding hydrogens is 352 g/mol. The second-order valence-corrected chi connectivity index (χ2v) is 6.46. The first kappa shape index (κ1) is 16.2. The Bertz CT molecular complexity index is 993. The molecule has 0 aliphatic carbocycles. The maximum absolute atomic E-state index is 12.2. The van der Waals surface area contributed by atoms with Crippen LogP contribution in [0.25, 0.3) is 5.69 Å². The first-order valence-corrected chi connectivity index (χ1v) is 8.76. The molecule has 0 radical (unpaired) electrons. The minimum absolute atomic E-state index is 0.158. The summed E-state index contributed by atoms with van der Waals surface area (Å²) in [6.07, 6.45) is 2.16.